The predicted molar refractivity (Wildman–Crippen MR) is 96.1 cm³/mol. The first-order valence-electron chi connectivity index (χ1n) is 6.91. The molecule has 1 N–H and O–H groups in total. The van der Waals surface area contributed by atoms with Gasteiger partial charge in [-0.3, -0.25) is 4.98 Å². The number of aromatic nitrogens is 1. The summed E-state index contributed by atoms with van der Waals surface area (Å²) >= 11 is 10.8. The van der Waals surface area contributed by atoms with Gasteiger partial charge in [0.25, 0.3) is 0 Å². The van der Waals surface area contributed by atoms with Crippen molar-refractivity contribution in [1.82, 2.24) is 15.2 Å². The molecule has 4 nitrogen and oxygen atoms in total. The third kappa shape index (κ3) is 3.17. The maximum absolute atomic E-state index is 5.54. The second-order valence-electron chi connectivity index (χ2n) is 4.98. The molecule has 2 unspecified atom stereocenters. The van der Waals surface area contributed by atoms with Gasteiger partial charge < -0.3 is 15.0 Å². The highest BCUT2D eigenvalue weighted by atomic mass is 79.9. The molecule has 2 aromatic heterocycles. The van der Waals surface area contributed by atoms with Gasteiger partial charge in [-0.05, 0) is 46.3 Å². The molecule has 3 rings (SSSR count). The topological polar surface area (TPSA) is 37.4 Å². The summed E-state index contributed by atoms with van der Waals surface area (Å²) in [6, 6.07) is 8.31. The number of pyridine rings is 1. The maximum atomic E-state index is 5.54. The number of halogens is 1. The van der Waals surface area contributed by atoms with E-state index in [1.807, 2.05) is 24.4 Å². The van der Waals surface area contributed by atoms with E-state index in [4.69, 9.17) is 17.0 Å². The number of methoxy groups -OCH3 is 1. The van der Waals surface area contributed by atoms with Crippen molar-refractivity contribution < 1.29 is 4.74 Å². The molecule has 7 heteroatoms. The van der Waals surface area contributed by atoms with E-state index in [1.165, 1.54) is 4.88 Å². The van der Waals surface area contributed by atoms with Gasteiger partial charge in [0, 0.05) is 34.6 Å². The second-order valence-corrected chi connectivity index (χ2v) is 7.23. The minimum absolute atomic E-state index is 0.0520. The molecule has 0 radical (unpaired) electrons. The van der Waals surface area contributed by atoms with Crippen molar-refractivity contribution in [3.8, 4) is 0 Å². The molecule has 0 saturated carbocycles. The van der Waals surface area contributed by atoms with Gasteiger partial charge in [-0.15, -0.1) is 11.3 Å². The van der Waals surface area contributed by atoms with Crippen LogP contribution in [0.4, 0.5) is 0 Å². The lowest BCUT2D eigenvalue weighted by atomic mass is 10.0. The van der Waals surface area contributed by atoms with Crippen LogP contribution in [0.25, 0.3) is 0 Å². The van der Waals surface area contributed by atoms with Crippen LogP contribution in [0.3, 0.4) is 0 Å². The van der Waals surface area contributed by atoms with Crippen LogP contribution in [0.5, 0.6) is 0 Å². The average Bonchev–Trinajstić information content (AvgIpc) is 3.09. The van der Waals surface area contributed by atoms with E-state index < -0.39 is 0 Å². The Morgan fingerprint density at radius 3 is 3.00 bits per heavy atom. The van der Waals surface area contributed by atoms with E-state index in [-0.39, 0.29) is 12.1 Å². The molecule has 2 atom stereocenters. The van der Waals surface area contributed by atoms with E-state index >= 15 is 0 Å². The molecule has 1 fully saturated rings. The number of nitrogens with one attached hydrogen (secondary N) is 1. The number of thiophene rings is 1. The summed E-state index contributed by atoms with van der Waals surface area (Å²) in [5.41, 5.74) is 0.999. The van der Waals surface area contributed by atoms with Crippen LogP contribution >= 0.6 is 39.5 Å². The van der Waals surface area contributed by atoms with Crippen LogP contribution in [-0.4, -0.2) is 35.3 Å². The molecule has 116 valence electrons. The third-order valence-electron chi connectivity index (χ3n) is 3.61. The monoisotopic (exact) mass is 397 g/mol. The van der Waals surface area contributed by atoms with Gasteiger partial charge in [-0.2, -0.15) is 0 Å². The second kappa shape index (κ2) is 7.04. The molecule has 0 spiro atoms. The fourth-order valence-electron chi connectivity index (χ4n) is 2.63. The van der Waals surface area contributed by atoms with Crippen molar-refractivity contribution in [2.75, 3.05) is 20.3 Å². The molecular formula is C15H16BrN3OS2. The Labute approximate surface area is 147 Å². The largest absolute Gasteiger partial charge is 0.383 e. The Morgan fingerprint density at radius 2 is 2.36 bits per heavy atom. The van der Waals surface area contributed by atoms with Crippen LogP contribution in [-0.2, 0) is 4.74 Å². The molecule has 0 aliphatic carbocycles. The van der Waals surface area contributed by atoms with Gasteiger partial charge in [-0.1, -0.05) is 6.07 Å². The first kappa shape index (κ1) is 15.9. The fourth-order valence-corrected chi connectivity index (χ4v) is 4.55. The lowest BCUT2D eigenvalue weighted by molar-refractivity contribution is 0.164. The highest BCUT2D eigenvalue weighted by Crippen LogP contribution is 2.41. The third-order valence-corrected chi connectivity index (χ3v) is 5.73. The van der Waals surface area contributed by atoms with E-state index in [0.29, 0.717) is 6.61 Å². The van der Waals surface area contributed by atoms with Gasteiger partial charge in [-0.25, -0.2) is 0 Å². The highest BCUT2D eigenvalue weighted by molar-refractivity contribution is 9.10. The Kier molecular flexibility index (Phi) is 5.07. The summed E-state index contributed by atoms with van der Waals surface area (Å²) in [7, 11) is 1.71. The molecule has 2 aromatic rings. The Balaban J connectivity index is 1.96. The van der Waals surface area contributed by atoms with Crippen LogP contribution in [0.2, 0.25) is 0 Å². The van der Waals surface area contributed by atoms with Crippen molar-refractivity contribution in [2.24, 2.45) is 0 Å². The summed E-state index contributed by atoms with van der Waals surface area (Å²) in [6.07, 6.45) is 1.82. The molecule has 0 aromatic carbocycles. The van der Waals surface area contributed by atoms with Gasteiger partial charge in [0.15, 0.2) is 5.11 Å². The van der Waals surface area contributed by atoms with E-state index in [0.717, 1.165) is 21.8 Å². The average molecular weight is 398 g/mol. The lowest BCUT2D eigenvalue weighted by Gasteiger charge is -2.26. The Hall–Kier alpha value is -1.02. The smallest absolute Gasteiger partial charge is 0.170 e. The number of hydrogen-bond donors (Lipinski definition) is 1. The standard InChI is InChI=1S/C15H16BrN3OS2/c1-20-7-6-19-14(12-8-10(16)9-22-12)13(18-15(19)21)11-4-2-3-5-17-11/h2-5,8-9,13-14H,6-7H2,1H3,(H,18,21). The summed E-state index contributed by atoms with van der Waals surface area (Å²) in [5, 5.41) is 6.27. The van der Waals surface area contributed by atoms with Crippen LogP contribution in [0, 0.1) is 0 Å². The number of rotatable bonds is 5. The van der Waals surface area contributed by atoms with Gasteiger partial charge in [0.05, 0.1) is 24.4 Å². The fraction of sp³-hybridized carbons (Fsp3) is 0.333. The molecule has 1 saturated heterocycles. The maximum Gasteiger partial charge on any atom is 0.170 e. The molecule has 0 bridgehead atoms. The molecule has 1 aliphatic heterocycles. The van der Waals surface area contributed by atoms with Crippen molar-refractivity contribution in [3.05, 3.63) is 50.9 Å². The molecule has 22 heavy (non-hydrogen) atoms. The summed E-state index contributed by atoms with van der Waals surface area (Å²) in [4.78, 5) is 7.95. The first-order valence-corrected chi connectivity index (χ1v) is 8.99. The van der Waals surface area contributed by atoms with Crippen molar-refractivity contribution >= 4 is 44.6 Å². The van der Waals surface area contributed by atoms with E-state index in [9.17, 15) is 0 Å². The minimum atomic E-state index is 0.0520. The van der Waals surface area contributed by atoms with E-state index in [2.05, 4.69) is 42.6 Å². The highest BCUT2D eigenvalue weighted by Gasteiger charge is 2.40. The molecule has 3 heterocycles. The van der Waals surface area contributed by atoms with Gasteiger partial charge >= 0.3 is 0 Å². The molecule has 1 aliphatic rings. The zero-order chi connectivity index (χ0) is 15.5. The zero-order valence-corrected chi connectivity index (χ0v) is 15.2. The van der Waals surface area contributed by atoms with Gasteiger partial charge in [0.2, 0.25) is 0 Å². The number of thiocarbonyl (C=S) groups is 1. The summed E-state index contributed by atoms with van der Waals surface area (Å²) in [6.45, 7) is 1.39. The Bertz CT molecular complexity index is 649. The van der Waals surface area contributed by atoms with Crippen molar-refractivity contribution in [3.63, 3.8) is 0 Å². The van der Waals surface area contributed by atoms with E-state index in [1.54, 1.807) is 18.4 Å². The number of ether oxygens (including phenoxy) is 1. The van der Waals surface area contributed by atoms with Gasteiger partial charge in [0.1, 0.15) is 0 Å². The normalized spacial score (nSPS) is 21.2. The zero-order valence-electron chi connectivity index (χ0n) is 12.0. The summed E-state index contributed by atoms with van der Waals surface area (Å²) in [5.74, 6) is 0. The lowest BCUT2D eigenvalue weighted by Crippen LogP contribution is -2.32. The summed E-state index contributed by atoms with van der Waals surface area (Å²) < 4.78 is 6.33. The molecular weight excluding hydrogens is 382 g/mol. The predicted octanol–water partition coefficient (Wildman–Crippen LogP) is 3.52. The van der Waals surface area contributed by atoms with Crippen LogP contribution in [0.15, 0.2) is 40.3 Å². The minimum Gasteiger partial charge on any atom is -0.383 e. The number of hydrogen-bond acceptors (Lipinski definition) is 4. The van der Waals surface area contributed by atoms with Crippen molar-refractivity contribution in [2.45, 2.75) is 12.1 Å². The quantitative estimate of drug-likeness (QED) is 0.781. The SMILES string of the molecule is COCCN1C(=S)NC(c2ccccn2)C1c1cc(Br)cs1. The molecule has 0 amide bonds. The number of nitrogens with zero attached hydrogens (tertiary/aromatic N) is 2. The Morgan fingerprint density at radius 1 is 1.50 bits per heavy atom. The first-order chi connectivity index (χ1) is 10.7. The van der Waals surface area contributed by atoms with Crippen molar-refractivity contribution in [1.29, 1.82) is 0 Å². The van der Waals surface area contributed by atoms with Crippen LogP contribution < -0.4 is 5.32 Å². The van der Waals surface area contributed by atoms with Crippen LogP contribution in [0.1, 0.15) is 22.7 Å².